The van der Waals surface area contributed by atoms with E-state index in [1.165, 1.54) is 0 Å². The Hall–Kier alpha value is -1.10. The molecule has 0 aliphatic carbocycles. The predicted molar refractivity (Wildman–Crippen MR) is 56.9 cm³/mol. The summed E-state index contributed by atoms with van der Waals surface area (Å²) in [6.07, 6.45) is 0.520. The molecular formula is C9H22N2O3. The molecule has 5 nitrogen and oxygen atoms in total. The van der Waals surface area contributed by atoms with E-state index in [9.17, 15) is 9.59 Å². The molecule has 0 aliphatic heterocycles. The lowest BCUT2D eigenvalue weighted by atomic mass is 10.3. The van der Waals surface area contributed by atoms with E-state index >= 15 is 0 Å². The third kappa shape index (κ3) is 17.1. The van der Waals surface area contributed by atoms with E-state index in [0.29, 0.717) is 0 Å². The topological polar surface area (TPSA) is 78.4 Å². The second kappa shape index (κ2) is 17.8. The van der Waals surface area contributed by atoms with E-state index in [4.69, 9.17) is 5.11 Å². The molecule has 0 radical (unpaired) electrons. The molecule has 0 saturated heterocycles. The molecule has 3 N–H and O–H groups in total. The fourth-order valence-electron chi connectivity index (χ4n) is 0.477. The van der Waals surface area contributed by atoms with Gasteiger partial charge in [0.05, 0.1) is 0 Å². The number of rotatable bonds is 3. The zero-order valence-electron chi connectivity index (χ0n) is 9.68. The summed E-state index contributed by atoms with van der Waals surface area (Å²) in [6, 6.07) is 0. The minimum atomic E-state index is -0.108. The predicted octanol–water partition coefficient (Wildman–Crippen LogP) is -0.107. The number of nitrogens with one attached hydrogen (secondary N) is 2. The molecule has 0 fully saturated rings. The third-order valence-electron chi connectivity index (χ3n) is 1.14. The maximum Gasteiger partial charge on any atom is 0.220 e. The van der Waals surface area contributed by atoms with Gasteiger partial charge >= 0.3 is 0 Å². The molecular weight excluding hydrogens is 184 g/mol. The van der Waals surface area contributed by atoms with Crippen LogP contribution in [0.2, 0.25) is 0 Å². The van der Waals surface area contributed by atoms with Gasteiger partial charge < -0.3 is 15.7 Å². The van der Waals surface area contributed by atoms with E-state index in [0.717, 1.165) is 7.11 Å². The largest absolute Gasteiger partial charge is 0.400 e. The summed E-state index contributed by atoms with van der Waals surface area (Å²) in [7, 11) is 4.10. The SMILES string of the molecule is CC.CNC(=O)CCC(=O)NC.CO. The van der Waals surface area contributed by atoms with Crippen molar-refractivity contribution in [2.24, 2.45) is 0 Å². The van der Waals surface area contributed by atoms with Gasteiger partial charge in [-0.3, -0.25) is 9.59 Å². The molecule has 0 aromatic carbocycles. The van der Waals surface area contributed by atoms with Gasteiger partial charge in [-0.05, 0) is 0 Å². The Kier molecular flexibility index (Phi) is 23.8. The second-order valence-electron chi connectivity index (χ2n) is 1.85. The van der Waals surface area contributed by atoms with Crippen molar-refractivity contribution in [1.29, 1.82) is 0 Å². The lowest BCUT2D eigenvalue weighted by Gasteiger charge is -1.97. The quantitative estimate of drug-likeness (QED) is 0.603. The van der Waals surface area contributed by atoms with Gasteiger partial charge in [0, 0.05) is 34.0 Å². The molecule has 0 unspecified atom stereocenters. The average molecular weight is 206 g/mol. The van der Waals surface area contributed by atoms with Crippen LogP contribution < -0.4 is 10.6 Å². The van der Waals surface area contributed by atoms with Crippen LogP contribution in [0.1, 0.15) is 26.7 Å². The molecule has 0 aromatic heterocycles. The molecule has 0 aromatic rings. The van der Waals surface area contributed by atoms with Gasteiger partial charge in [0.25, 0.3) is 0 Å². The van der Waals surface area contributed by atoms with E-state index in [1.807, 2.05) is 13.8 Å². The van der Waals surface area contributed by atoms with Crippen LogP contribution >= 0.6 is 0 Å². The van der Waals surface area contributed by atoms with Gasteiger partial charge in [-0.25, -0.2) is 0 Å². The van der Waals surface area contributed by atoms with Crippen LogP contribution in [0.25, 0.3) is 0 Å². The summed E-state index contributed by atoms with van der Waals surface area (Å²) in [5, 5.41) is 11.9. The van der Waals surface area contributed by atoms with Gasteiger partial charge in [0.1, 0.15) is 0 Å². The van der Waals surface area contributed by atoms with Gasteiger partial charge in [-0.15, -0.1) is 0 Å². The summed E-state index contributed by atoms with van der Waals surface area (Å²) in [4.78, 5) is 21.1. The van der Waals surface area contributed by atoms with E-state index < -0.39 is 0 Å². The van der Waals surface area contributed by atoms with E-state index in [2.05, 4.69) is 10.6 Å². The minimum Gasteiger partial charge on any atom is -0.400 e. The highest BCUT2D eigenvalue weighted by molar-refractivity contribution is 5.83. The first kappa shape index (κ1) is 18.6. The van der Waals surface area contributed by atoms with E-state index in [1.54, 1.807) is 14.1 Å². The van der Waals surface area contributed by atoms with Gasteiger partial charge in [-0.2, -0.15) is 0 Å². The summed E-state index contributed by atoms with van der Waals surface area (Å²) in [5.74, 6) is -0.216. The summed E-state index contributed by atoms with van der Waals surface area (Å²) in [5.41, 5.74) is 0. The lowest BCUT2D eigenvalue weighted by Crippen LogP contribution is -2.23. The molecule has 5 heteroatoms. The third-order valence-corrected chi connectivity index (χ3v) is 1.14. The number of amides is 2. The van der Waals surface area contributed by atoms with Crippen molar-refractivity contribution < 1.29 is 14.7 Å². The molecule has 0 heterocycles. The zero-order valence-corrected chi connectivity index (χ0v) is 9.68. The standard InChI is InChI=1S/C6H12N2O2.C2H6.CH4O/c1-7-5(9)3-4-6(10)8-2;2*1-2/h3-4H2,1-2H3,(H,7,9)(H,8,10);1-2H3;2H,1H3. The normalized spacial score (nSPS) is 7.00. The number of hydrogen-bond donors (Lipinski definition) is 3. The molecule has 0 rings (SSSR count). The van der Waals surface area contributed by atoms with Crippen molar-refractivity contribution in [3.05, 3.63) is 0 Å². The zero-order chi connectivity index (χ0) is 12.0. The van der Waals surface area contributed by atoms with Crippen molar-refractivity contribution >= 4 is 11.8 Å². The number of carbonyl (C=O) groups excluding carboxylic acids is 2. The van der Waals surface area contributed by atoms with E-state index in [-0.39, 0.29) is 24.7 Å². The Morgan fingerprint density at radius 1 is 0.929 bits per heavy atom. The van der Waals surface area contributed by atoms with Crippen LogP contribution in [0.3, 0.4) is 0 Å². The Balaban J connectivity index is -0.000000266. The fourth-order valence-corrected chi connectivity index (χ4v) is 0.477. The van der Waals surface area contributed by atoms with Crippen molar-refractivity contribution in [2.45, 2.75) is 26.7 Å². The average Bonchev–Trinajstić information content (AvgIpc) is 2.30. The Bertz CT molecular complexity index is 122. The number of aliphatic hydroxyl groups is 1. The van der Waals surface area contributed by atoms with Crippen molar-refractivity contribution in [1.82, 2.24) is 10.6 Å². The maximum atomic E-state index is 10.5. The summed E-state index contributed by atoms with van der Waals surface area (Å²) in [6.45, 7) is 4.00. The summed E-state index contributed by atoms with van der Waals surface area (Å²) >= 11 is 0. The maximum absolute atomic E-state index is 10.5. The first-order valence-electron chi connectivity index (χ1n) is 4.56. The minimum absolute atomic E-state index is 0.108. The highest BCUT2D eigenvalue weighted by Crippen LogP contribution is 1.86. The Morgan fingerprint density at radius 3 is 1.29 bits per heavy atom. The van der Waals surface area contributed by atoms with Gasteiger partial charge in [-0.1, -0.05) is 13.8 Å². The fraction of sp³-hybridized carbons (Fsp3) is 0.778. The number of hydrogen-bond acceptors (Lipinski definition) is 3. The lowest BCUT2D eigenvalue weighted by molar-refractivity contribution is -0.125. The Labute approximate surface area is 85.9 Å². The van der Waals surface area contributed by atoms with Crippen molar-refractivity contribution in [3.8, 4) is 0 Å². The first-order valence-corrected chi connectivity index (χ1v) is 4.56. The van der Waals surface area contributed by atoms with Crippen molar-refractivity contribution in [2.75, 3.05) is 21.2 Å². The van der Waals surface area contributed by atoms with Crippen LogP contribution in [-0.2, 0) is 9.59 Å². The highest BCUT2D eigenvalue weighted by atomic mass is 16.2. The second-order valence-corrected chi connectivity index (χ2v) is 1.85. The summed E-state index contributed by atoms with van der Waals surface area (Å²) < 4.78 is 0. The highest BCUT2D eigenvalue weighted by Gasteiger charge is 2.01. The van der Waals surface area contributed by atoms with Gasteiger partial charge in [0.2, 0.25) is 11.8 Å². The smallest absolute Gasteiger partial charge is 0.220 e. The van der Waals surface area contributed by atoms with Crippen LogP contribution in [0, 0.1) is 0 Å². The molecule has 14 heavy (non-hydrogen) atoms. The van der Waals surface area contributed by atoms with Crippen molar-refractivity contribution in [3.63, 3.8) is 0 Å². The molecule has 0 atom stereocenters. The van der Waals surface area contributed by atoms with Crippen LogP contribution in [0.4, 0.5) is 0 Å². The van der Waals surface area contributed by atoms with Crippen LogP contribution in [0.15, 0.2) is 0 Å². The number of carbonyl (C=O) groups is 2. The molecule has 0 bridgehead atoms. The monoisotopic (exact) mass is 206 g/mol. The molecule has 0 spiro atoms. The molecule has 0 aliphatic rings. The van der Waals surface area contributed by atoms with Gasteiger partial charge in [0.15, 0.2) is 0 Å². The first-order chi connectivity index (χ1) is 6.70. The van der Waals surface area contributed by atoms with Crippen LogP contribution in [0.5, 0.6) is 0 Å². The van der Waals surface area contributed by atoms with Crippen LogP contribution in [-0.4, -0.2) is 38.1 Å². The number of aliphatic hydroxyl groups excluding tert-OH is 1. The molecule has 86 valence electrons. The Morgan fingerprint density at radius 2 is 1.14 bits per heavy atom. The molecule has 2 amide bonds. The molecule has 0 saturated carbocycles.